The number of hydrogen-bond donors (Lipinski definition) is 1. The largest absolute Gasteiger partial charge is 0.484 e. The lowest BCUT2D eigenvalue weighted by Crippen LogP contribution is -2.25. The van der Waals surface area contributed by atoms with Crippen molar-refractivity contribution in [2.75, 3.05) is 6.61 Å². The molecule has 0 fully saturated rings. The first-order valence-electron chi connectivity index (χ1n) is 8.74. The minimum Gasteiger partial charge on any atom is -0.484 e. The molecule has 0 saturated carbocycles. The van der Waals surface area contributed by atoms with E-state index in [0.717, 1.165) is 15.6 Å². The van der Waals surface area contributed by atoms with Crippen molar-refractivity contribution < 1.29 is 9.53 Å². The normalized spacial score (nSPS) is 11.4. The SMILES string of the molecule is O=C(COc1ccc(Br)cc1)NN=C(C=Cc1ccccc1)c1ccccc1. The van der Waals surface area contributed by atoms with Crippen LogP contribution in [0.4, 0.5) is 0 Å². The first-order chi connectivity index (χ1) is 13.7. The molecule has 0 aliphatic carbocycles. The maximum atomic E-state index is 12.1. The fourth-order valence-corrected chi connectivity index (χ4v) is 2.65. The van der Waals surface area contributed by atoms with E-state index in [0.29, 0.717) is 11.5 Å². The molecule has 0 saturated heterocycles. The van der Waals surface area contributed by atoms with Crippen LogP contribution in [0.3, 0.4) is 0 Å². The minimum atomic E-state index is -0.329. The molecule has 3 aromatic carbocycles. The molecule has 1 N–H and O–H groups in total. The summed E-state index contributed by atoms with van der Waals surface area (Å²) in [6, 6.07) is 26.9. The zero-order valence-corrected chi connectivity index (χ0v) is 16.7. The molecule has 0 radical (unpaired) electrons. The first-order valence-corrected chi connectivity index (χ1v) is 9.53. The number of hydrazone groups is 1. The Morgan fingerprint density at radius 1 is 0.929 bits per heavy atom. The maximum Gasteiger partial charge on any atom is 0.277 e. The highest BCUT2D eigenvalue weighted by Gasteiger charge is 2.04. The predicted octanol–water partition coefficient (Wildman–Crippen LogP) is 5.06. The summed E-state index contributed by atoms with van der Waals surface area (Å²) in [5.74, 6) is 0.291. The standard InChI is InChI=1S/C23H19BrN2O2/c24-20-12-14-21(15-13-20)28-17-23(27)26-25-22(19-9-5-2-6-10-19)16-11-18-7-3-1-4-8-18/h1-16H,17H2,(H,26,27). The molecule has 0 aliphatic heterocycles. The number of amides is 1. The Kier molecular flexibility index (Phi) is 7.15. The highest BCUT2D eigenvalue weighted by Crippen LogP contribution is 2.15. The number of rotatable bonds is 7. The van der Waals surface area contributed by atoms with Gasteiger partial charge in [0.15, 0.2) is 6.61 Å². The Labute approximate surface area is 172 Å². The molecule has 4 nitrogen and oxygen atoms in total. The summed E-state index contributed by atoms with van der Waals surface area (Å²) >= 11 is 3.36. The van der Waals surface area contributed by atoms with Gasteiger partial charge in [-0.1, -0.05) is 82.7 Å². The number of carbonyl (C=O) groups is 1. The highest BCUT2D eigenvalue weighted by molar-refractivity contribution is 9.10. The van der Waals surface area contributed by atoms with E-state index in [2.05, 4.69) is 26.5 Å². The fraction of sp³-hybridized carbons (Fsp3) is 0.0435. The molecule has 3 rings (SSSR count). The smallest absolute Gasteiger partial charge is 0.277 e. The van der Waals surface area contributed by atoms with Gasteiger partial charge in [0.05, 0.1) is 5.71 Å². The zero-order chi connectivity index (χ0) is 19.6. The molecule has 0 unspecified atom stereocenters. The quantitative estimate of drug-likeness (QED) is 0.417. The summed E-state index contributed by atoms with van der Waals surface area (Å²) in [7, 11) is 0. The first kappa shape index (κ1) is 19.6. The second-order valence-corrected chi connectivity index (χ2v) is 6.80. The van der Waals surface area contributed by atoms with Crippen LogP contribution in [0.1, 0.15) is 11.1 Å². The van der Waals surface area contributed by atoms with Crippen LogP contribution in [0, 0.1) is 0 Å². The van der Waals surface area contributed by atoms with E-state index in [-0.39, 0.29) is 12.5 Å². The van der Waals surface area contributed by atoms with Crippen molar-refractivity contribution in [1.29, 1.82) is 0 Å². The monoisotopic (exact) mass is 434 g/mol. The number of hydrogen-bond acceptors (Lipinski definition) is 3. The molecule has 5 heteroatoms. The van der Waals surface area contributed by atoms with Gasteiger partial charge in [0.1, 0.15) is 5.75 Å². The van der Waals surface area contributed by atoms with Gasteiger partial charge in [-0.3, -0.25) is 4.79 Å². The van der Waals surface area contributed by atoms with Gasteiger partial charge in [-0.15, -0.1) is 0 Å². The van der Waals surface area contributed by atoms with Crippen LogP contribution in [0.15, 0.2) is 101 Å². The molecular formula is C23H19BrN2O2. The van der Waals surface area contributed by atoms with Crippen LogP contribution in [-0.2, 0) is 4.79 Å². The van der Waals surface area contributed by atoms with Crippen LogP contribution in [0.25, 0.3) is 6.08 Å². The van der Waals surface area contributed by atoms with E-state index in [1.165, 1.54) is 0 Å². The lowest BCUT2D eigenvalue weighted by atomic mass is 10.1. The molecule has 28 heavy (non-hydrogen) atoms. The Balaban J connectivity index is 1.67. The molecule has 0 atom stereocenters. The van der Waals surface area contributed by atoms with E-state index < -0.39 is 0 Å². The number of benzene rings is 3. The van der Waals surface area contributed by atoms with Crippen LogP contribution < -0.4 is 10.2 Å². The molecular weight excluding hydrogens is 416 g/mol. The van der Waals surface area contributed by atoms with Crippen molar-refractivity contribution in [1.82, 2.24) is 5.43 Å². The second kappa shape index (κ2) is 10.2. The average molecular weight is 435 g/mol. The van der Waals surface area contributed by atoms with Gasteiger partial charge in [0, 0.05) is 10.0 Å². The summed E-state index contributed by atoms with van der Waals surface area (Å²) in [5, 5.41) is 4.28. The van der Waals surface area contributed by atoms with Gasteiger partial charge in [-0.25, -0.2) is 5.43 Å². The fourth-order valence-electron chi connectivity index (χ4n) is 2.38. The molecule has 0 aliphatic rings. The molecule has 3 aromatic rings. The molecule has 140 valence electrons. The van der Waals surface area contributed by atoms with Gasteiger partial charge in [-0.2, -0.15) is 5.10 Å². The third-order valence-electron chi connectivity index (χ3n) is 3.79. The average Bonchev–Trinajstić information content (AvgIpc) is 2.75. The Morgan fingerprint density at radius 2 is 1.57 bits per heavy atom. The number of nitrogens with one attached hydrogen (secondary N) is 1. The summed E-state index contributed by atoms with van der Waals surface area (Å²) in [6.07, 6.45) is 3.83. The summed E-state index contributed by atoms with van der Waals surface area (Å²) in [6.45, 7) is -0.115. The highest BCUT2D eigenvalue weighted by atomic mass is 79.9. The zero-order valence-electron chi connectivity index (χ0n) is 15.1. The Morgan fingerprint density at radius 3 is 2.25 bits per heavy atom. The molecule has 0 bridgehead atoms. The van der Waals surface area contributed by atoms with Crippen molar-refractivity contribution in [2.24, 2.45) is 5.10 Å². The molecule has 0 spiro atoms. The second-order valence-electron chi connectivity index (χ2n) is 5.88. The third kappa shape index (κ3) is 6.21. The number of ether oxygens (including phenoxy) is 1. The molecule has 1 amide bonds. The van der Waals surface area contributed by atoms with Crippen LogP contribution in [0.5, 0.6) is 5.75 Å². The van der Waals surface area contributed by atoms with Gasteiger partial charge in [-0.05, 0) is 35.9 Å². The van der Waals surface area contributed by atoms with Crippen molar-refractivity contribution in [3.8, 4) is 5.75 Å². The van der Waals surface area contributed by atoms with E-state index >= 15 is 0 Å². The van der Waals surface area contributed by atoms with Gasteiger partial charge in [0.25, 0.3) is 5.91 Å². The number of carbonyl (C=O) groups excluding carboxylic acids is 1. The summed E-state index contributed by atoms with van der Waals surface area (Å²) in [5.41, 5.74) is 5.17. The van der Waals surface area contributed by atoms with Gasteiger partial charge < -0.3 is 4.74 Å². The van der Waals surface area contributed by atoms with Gasteiger partial charge >= 0.3 is 0 Å². The van der Waals surface area contributed by atoms with E-state index in [4.69, 9.17) is 4.74 Å². The van der Waals surface area contributed by atoms with E-state index in [1.807, 2.05) is 84.9 Å². The van der Waals surface area contributed by atoms with Crippen molar-refractivity contribution >= 4 is 33.6 Å². The number of nitrogens with zero attached hydrogens (tertiary/aromatic N) is 1. The molecule has 0 heterocycles. The van der Waals surface area contributed by atoms with Crippen molar-refractivity contribution in [3.05, 3.63) is 107 Å². The Bertz CT molecular complexity index is 953. The Hall–Kier alpha value is -3.18. The van der Waals surface area contributed by atoms with Gasteiger partial charge in [0.2, 0.25) is 0 Å². The topological polar surface area (TPSA) is 50.7 Å². The number of halogens is 1. The van der Waals surface area contributed by atoms with Crippen LogP contribution in [-0.4, -0.2) is 18.2 Å². The summed E-state index contributed by atoms with van der Waals surface area (Å²) in [4.78, 5) is 12.1. The summed E-state index contributed by atoms with van der Waals surface area (Å²) < 4.78 is 6.42. The van der Waals surface area contributed by atoms with Crippen LogP contribution >= 0.6 is 15.9 Å². The lowest BCUT2D eigenvalue weighted by Gasteiger charge is -2.06. The third-order valence-corrected chi connectivity index (χ3v) is 4.32. The lowest BCUT2D eigenvalue weighted by molar-refractivity contribution is -0.123. The maximum absolute atomic E-state index is 12.1. The van der Waals surface area contributed by atoms with Crippen molar-refractivity contribution in [2.45, 2.75) is 0 Å². The van der Waals surface area contributed by atoms with E-state index in [9.17, 15) is 4.79 Å². The molecule has 0 aromatic heterocycles. The van der Waals surface area contributed by atoms with Crippen LogP contribution in [0.2, 0.25) is 0 Å². The van der Waals surface area contributed by atoms with Crippen molar-refractivity contribution in [3.63, 3.8) is 0 Å². The predicted molar refractivity (Wildman–Crippen MR) is 116 cm³/mol. The number of allylic oxidation sites excluding steroid dienone is 1. The van der Waals surface area contributed by atoms with E-state index in [1.54, 1.807) is 12.1 Å². The minimum absolute atomic E-state index is 0.115.